The second-order valence-electron chi connectivity index (χ2n) is 3.81. The smallest absolute Gasteiger partial charge is 0.294 e. The summed E-state index contributed by atoms with van der Waals surface area (Å²) in [6.45, 7) is 1.15. The fourth-order valence-electron chi connectivity index (χ4n) is 1.44. The lowest BCUT2D eigenvalue weighted by Crippen LogP contribution is -2.32. The third-order valence-corrected chi connectivity index (χ3v) is 3.29. The van der Waals surface area contributed by atoms with Crippen molar-refractivity contribution in [2.75, 3.05) is 6.61 Å². The minimum atomic E-state index is -4.44. The van der Waals surface area contributed by atoms with Gasteiger partial charge in [0.2, 0.25) is 0 Å². The Kier molecular flexibility index (Phi) is 4.23. The first kappa shape index (κ1) is 14.1. The molecule has 1 aromatic rings. The highest BCUT2D eigenvalue weighted by molar-refractivity contribution is 7.85. The molecule has 0 saturated heterocycles. The highest BCUT2D eigenvalue weighted by atomic mass is 32.2. The molecule has 1 rings (SSSR count). The Morgan fingerprint density at radius 2 is 2.00 bits per heavy atom. The van der Waals surface area contributed by atoms with Crippen molar-refractivity contribution in [3.05, 3.63) is 29.3 Å². The number of aliphatic hydroxyl groups excluding tert-OH is 2. The summed E-state index contributed by atoms with van der Waals surface area (Å²) in [5, 5.41) is 18.6. The van der Waals surface area contributed by atoms with Crippen LogP contribution >= 0.6 is 0 Å². The predicted molar refractivity (Wildman–Crippen MR) is 61.0 cm³/mol. The molecule has 2 unspecified atom stereocenters. The summed E-state index contributed by atoms with van der Waals surface area (Å²) in [5.74, 6) is 0. The fourth-order valence-corrected chi connectivity index (χ4v) is 2.26. The van der Waals surface area contributed by atoms with Gasteiger partial charge in [-0.25, -0.2) is 0 Å². The average molecular weight is 261 g/mol. The Morgan fingerprint density at radius 1 is 1.41 bits per heavy atom. The lowest BCUT2D eigenvalue weighted by Gasteiger charge is -2.19. The monoisotopic (exact) mass is 261 g/mol. The van der Waals surface area contributed by atoms with E-state index in [1.165, 1.54) is 12.1 Å². The molecule has 2 atom stereocenters. The lowest BCUT2D eigenvalue weighted by atomic mass is 10.0. The van der Waals surface area contributed by atoms with Crippen LogP contribution in [0, 0.1) is 6.92 Å². The van der Waals surface area contributed by atoms with Gasteiger partial charge in [-0.15, -0.1) is 0 Å². The van der Waals surface area contributed by atoms with Crippen LogP contribution in [0.2, 0.25) is 0 Å². The summed E-state index contributed by atoms with van der Waals surface area (Å²) in [5.41, 5.74) is 6.01. The standard InChI is InChI=1S/C10H15NO5S/c1-6-2-3-7(10(13)8(11)5-12)9(4-6)17(14,15)16/h2-4,8,10,12-13H,5,11H2,1H3,(H,14,15,16). The van der Waals surface area contributed by atoms with Crippen LogP contribution < -0.4 is 5.73 Å². The normalized spacial score (nSPS) is 15.6. The van der Waals surface area contributed by atoms with Crippen LogP contribution in [0.3, 0.4) is 0 Å². The third-order valence-electron chi connectivity index (χ3n) is 2.38. The molecule has 5 N–H and O–H groups in total. The minimum absolute atomic E-state index is 0.0281. The predicted octanol–water partition coefficient (Wildman–Crippen LogP) is -0.405. The van der Waals surface area contributed by atoms with Crippen molar-refractivity contribution in [2.24, 2.45) is 5.73 Å². The second kappa shape index (κ2) is 5.11. The molecule has 96 valence electrons. The summed E-state index contributed by atoms with van der Waals surface area (Å²) in [7, 11) is -4.44. The van der Waals surface area contributed by atoms with Gasteiger partial charge in [-0.1, -0.05) is 12.1 Å². The lowest BCUT2D eigenvalue weighted by molar-refractivity contribution is 0.107. The summed E-state index contributed by atoms with van der Waals surface area (Å²) >= 11 is 0. The first-order valence-electron chi connectivity index (χ1n) is 4.90. The Morgan fingerprint density at radius 3 is 2.47 bits per heavy atom. The molecule has 0 aliphatic rings. The van der Waals surface area contributed by atoms with Gasteiger partial charge in [-0.3, -0.25) is 4.55 Å². The molecule has 17 heavy (non-hydrogen) atoms. The van der Waals surface area contributed by atoms with E-state index in [1.807, 2.05) is 0 Å². The molecule has 7 heteroatoms. The van der Waals surface area contributed by atoms with Crippen molar-refractivity contribution in [3.8, 4) is 0 Å². The second-order valence-corrected chi connectivity index (χ2v) is 5.20. The van der Waals surface area contributed by atoms with Crippen LogP contribution in [0.15, 0.2) is 23.1 Å². The molecule has 0 fully saturated rings. The number of aliphatic hydroxyl groups is 2. The molecule has 0 saturated carbocycles. The van der Waals surface area contributed by atoms with Crippen LogP contribution in [0.1, 0.15) is 17.2 Å². The zero-order valence-corrected chi connectivity index (χ0v) is 10.1. The van der Waals surface area contributed by atoms with E-state index in [1.54, 1.807) is 13.0 Å². The Balaban J connectivity index is 3.34. The van der Waals surface area contributed by atoms with Crippen molar-refractivity contribution in [1.82, 2.24) is 0 Å². The maximum absolute atomic E-state index is 11.2. The number of benzene rings is 1. The van der Waals surface area contributed by atoms with E-state index in [9.17, 15) is 13.5 Å². The summed E-state index contributed by atoms with van der Waals surface area (Å²) in [6, 6.07) is 3.16. The average Bonchev–Trinajstić information content (AvgIpc) is 2.25. The Bertz CT molecular complexity index is 499. The first-order valence-corrected chi connectivity index (χ1v) is 6.34. The van der Waals surface area contributed by atoms with Crippen molar-refractivity contribution in [3.63, 3.8) is 0 Å². The highest BCUT2D eigenvalue weighted by Crippen LogP contribution is 2.25. The third kappa shape index (κ3) is 3.24. The van der Waals surface area contributed by atoms with E-state index >= 15 is 0 Å². The molecule has 0 radical (unpaired) electrons. The van der Waals surface area contributed by atoms with Crippen LogP contribution in [-0.4, -0.2) is 35.8 Å². The zero-order valence-electron chi connectivity index (χ0n) is 9.24. The maximum Gasteiger partial charge on any atom is 0.294 e. The molecule has 6 nitrogen and oxygen atoms in total. The number of rotatable bonds is 4. The van der Waals surface area contributed by atoms with E-state index in [-0.39, 0.29) is 5.56 Å². The zero-order chi connectivity index (χ0) is 13.2. The Labute approximate surface area is 99.4 Å². The Hall–Kier alpha value is -0.990. The fraction of sp³-hybridized carbons (Fsp3) is 0.400. The molecule has 0 aliphatic carbocycles. The molecule has 0 amide bonds. The van der Waals surface area contributed by atoms with E-state index in [0.29, 0.717) is 5.56 Å². The van der Waals surface area contributed by atoms with Gasteiger partial charge in [0, 0.05) is 5.56 Å². The van der Waals surface area contributed by atoms with Crippen LogP contribution in [0.25, 0.3) is 0 Å². The molecule has 0 aliphatic heterocycles. The van der Waals surface area contributed by atoms with Gasteiger partial charge in [0.1, 0.15) is 0 Å². The summed E-state index contributed by atoms with van der Waals surface area (Å²) < 4.78 is 31.4. The molecular formula is C10H15NO5S. The van der Waals surface area contributed by atoms with Crippen molar-refractivity contribution >= 4 is 10.1 Å². The number of aryl methyl sites for hydroxylation is 1. The van der Waals surface area contributed by atoms with E-state index in [2.05, 4.69) is 0 Å². The van der Waals surface area contributed by atoms with E-state index in [0.717, 1.165) is 0 Å². The molecular weight excluding hydrogens is 246 g/mol. The van der Waals surface area contributed by atoms with Crippen LogP contribution in [0.5, 0.6) is 0 Å². The van der Waals surface area contributed by atoms with Gasteiger partial charge >= 0.3 is 0 Å². The molecule has 0 heterocycles. The number of nitrogens with two attached hydrogens (primary N) is 1. The van der Waals surface area contributed by atoms with Crippen LogP contribution in [0.4, 0.5) is 0 Å². The van der Waals surface area contributed by atoms with Gasteiger partial charge in [-0.05, 0) is 18.6 Å². The van der Waals surface area contributed by atoms with E-state index < -0.39 is 33.8 Å². The first-order chi connectivity index (χ1) is 7.77. The number of hydrogen-bond acceptors (Lipinski definition) is 5. The quantitative estimate of drug-likeness (QED) is 0.547. The topological polar surface area (TPSA) is 121 Å². The van der Waals surface area contributed by atoms with Crippen molar-refractivity contribution in [2.45, 2.75) is 24.0 Å². The molecule has 0 spiro atoms. The molecule has 1 aromatic carbocycles. The molecule has 0 bridgehead atoms. The van der Waals surface area contributed by atoms with Crippen LogP contribution in [-0.2, 0) is 10.1 Å². The SMILES string of the molecule is Cc1ccc(C(O)C(N)CO)c(S(=O)(=O)O)c1. The van der Waals surface area contributed by atoms with Crippen molar-refractivity contribution < 1.29 is 23.2 Å². The van der Waals surface area contributed by atoms with Gasteiger partial charge < -0.3 is 15.9 Å². The summed E-state index contributed by atoms with van der Waals surface area (Å²) in [4.78, 5) is -0.395. The van der Waals surface area contributed by atoms with Gasteiger partial charge in [0.05, 0.1) is 23.6 Å². The van der Waals surface area contributed by atoms with Crippen molar-refractivity contribution in [1.29, 1.82) is 0 Å². The summed E-state index contributed by atoms with van der Waals surface area (Å²) in [6.07, 6.45) is -1.36. The largest absolute Gasteiger partial charge is 0.395 e. The highest BCUT2D eigenvalue weighted by Gasteiger charge is 2.24. The van der Waals surface area contributed by atoms with E-state index in [4.69, 9.17) is 15.4 Å². The van der Waals surface area contributed by atoms with Gasteiger partial charge in [-0.2, -0.15) is 8.42 Å². The minimum Gasteiger partial charge on any atom is -0.395 e. The van der Waals surface area contributed by atoms with Gasteiger partial charge in [0.15, 0.2) is 0 Å². The van der Waals surface area contributed by atoms with Gasteiger partial charge in [0.25, 0.3) is 10.1 Å². The number of hydrogen-bond donors (Lipinski definition) is 4. The molecule has 0 aromatic heterocycles. The maximum atomic E-state index is 11.2.